The molecule has 1 aromatic rings. The van der Waals surface area contributed by atoms with Crippen molar-refractivity contribution in [2.75, 3.05) is 18.0 Å². The van der Waals surface area contributed by atoms with Crippen LogP contribution in [0.3, 0.4) is 0 Å². The van der Waals surface area contributed by atoms with Gasteiger partial charge in [-0.3, -0.25) is 0 Å². The lowest BCUT2D eigenvalue weighted by Gasteiger charge is -2.27. The SMILES string of the molecule is CCc1nnc(N2CCC(C(C)(C)C)C2)c(C#N)c1CC. The first-order valence-corrected chi connectivity index (χ1v) is 7.95. The van der Waals surface area contributed by atoms with Crippen LogP contribution < -0.4 is 4.90 Å². The fourth-order valence-corrected chi connectivity index (χ4v) is 3.16. The summed E-state index contributed by atoms with van der Waals surface area (Å²) in [6.45, 7) is 13.0. The largest absolute Gasteiger partial charge is 0.354 e. The lowest BCUT2D eigenvalue weighted by atomic mass is 9.80. The van der Waals surface area contributed by atoms with Crippen LogP contribution in [0.25, 0.3) is 0 Å². The predicted octanol–water partition coefficient (Wildman–Crippen LogP) is 3.35. The van der Waals surface area contributed by atoms with Crippen molar-refractivity contribution in [3.05, 3.63) is 16.8 Å². The quantitative estimate of drug-likeness (QED) is 0.855. The lowest BCUT2D eigenvalue weighted by Crippen LogP contribution is -2.27. The van der Waals surface area contributed by atoms with E-state index in [0.717, 1.165) is 55.0 Å². The van der Waals surface area contributed by atoms with Crippen LogP contribution in [-0.4, -0.2) is 23.3 Å². The second-order valence-corrected chi connectivity index (χ2v) is 6.94. The number of hydrogen-bond acceptors (Lipinski definition) is 4. The van der Waals surface area contributed by atoms with Gasteiger partial charge in [0.05, 0.1) is 5.69 Å². The van der Waals surface area contributed by atoms with Crippen LogP contribution in [0, 0.1) is 22.7 Å². The molecule has 1 aliphatic heterocycles. The summed E-state index contributed by atoms with van der Waals surface area (Å²) in [5, 5.41) is 18.3. The van der Waals surface area contributed by atoms with Gasteiger partial charge in [0.25, 0.3) is 0 Å². The van der Waals surface area contributed by atoms with E-state index in [1.54, 1.807) is 0 Å². The maximum absolute atomic E-state index is 9.59. The Hall–Kier alpha value is -1.63. The van der Waals surface area contributed by atoms with Gasteiger partial charge < -0.3 is 4.90 Å². The first kappa shape index (κ1) is 15.8. The standard InChI is InChI=1S/C17H26N4/c1-6-13-14(10-18)16(20-19-15(13)7-2)21-9-8-12(11-21)17(3,4)5/h12H,6-9,11H2,1-5H3. The minimum absolute atomic E-state index is 0.298. The summed E-state index contributed by atoms with van der Waals surface area (Å²) < 4.78 is 0. The summed E-state index contributed by atoms with van der Waals surface area (Å²) >= 11 is 0. The number of nitrogens with zero attached hydrogens (tertiary/aromatic N) is 4. The van der Waals surface area contributed by atoms with Gasteiger partial charge in [0.2, 0.25) is 0 Å². The molecule has 1 fully saturated rings. The van der Waals surface area contributed by atoms with E-state index in [9.17, 15) is 5.26 Å². The van der Waals surface area contributed by atoms with Crippen molar-refractivity contribution in [2.45, 2.75) is 53.9 Å². The highest BCUT2D eigenvalue weighted by molar-refractivity contribution is 5.58. The smallest absolute Gasteiger partial charge is 0.169 e. The van der Waals surface area contributed by atoms with Crippen LogP contribution in [-0.2, 0) is 12.8 Å². The van der Waals surface area contributed by atoms with E-state index in [-0.39, 0.29) is 0 Å². The molecule has 0 aliphatic carbocycles. The molecule has 1 saturated heterocycles. The number of nitriles is 1. The van der Waals surface area contributed by atoms with Gasteiger partial charge >= 0.3 is 0 Å². The fourth-order valence-electron chi connectivity index (χ4n) is 3.16. The first-order valence-electron chi connectivity index (χ1n) is 7.95. The molecule has 4 heteroatoms. The molecule has 0 saturated carbocycles. The van der Waals surface area contributed by atoms with Crippen LogP contribution in [0.4, 0.5) is 5.82 Å². The highest BCUT2D eigenvalue weighted by Crippen LogP contribution is 2.36. The van der Waals surface area contributed by atoms with Gasteiger partial charge in [-0.2, -0.15) is 10.4 Å². The molecule has 114 valence electrons. The van der Waals surface area contributed by atoms with Crippen molar-refractivity contribution in [1.29, 1.82) is 5.26 Å². The lowest BCUT2D eigenvalue weighted by molar-refractivity contribution is 0.263. The third-order valence-electron chi connectivity index (χ3n) is 4.65. The molecule has 1 aromatic heterocycles. The third kappa shape index (κ3) is 3.02. The van der Waals surface area contributed by atoms with Crippen LogP contribution >= 0.6 is 0 Å². The van der Waals surface area contributed by atoms with Gasteiger partial charge in [-0.25, -0.2) is 0 Å². The van der Waals surface area contributed by atoms with Crippen molar-refractivity contribution in [2.24, 2.45) is 11.3 Å². The Morgan fingerprint density at radius 2 is 1.95 bits per heavy atom. The molecule has 0 radical (unpaired) electrons. The van der Waals surface area contributed by atoms with E-state index in [1.807, 2.05) is 0 Å². The molecule has 0 N–H and O–H groups in total. The summed E-state index contributed by atoms with van der Waals surface area (Å²) in [6.07, 6.45) is 2.83. The molecule has 1 unspecified atom stereocenters. The minimum Gasteiger partial charge on any atom is -0.354 e. The second kappa shape index (κ2) is 6.01. The Kier molecular flexibility index (Phi) is 4.51. The van der Waals surface area contributed by atoms with Crippen molar-refractivity contribution < 1.29 is 0 Å². The number of rotatable bonds is 3. The van der Waals surface area contributed by atoms with Gasteiger partial charge in [0.1, 0.15) is 11.6 Å². The van der Waals surface area contributed by atoms with E-state index < -0.39 is 0 Å². The van der Waals surface area contributed by atoms with Gasteiger partial charge in [-0.05, 0) is 36.2 Å². The Morgan fingerprint density at radius 3 is 2.43 bits per heavy atom. The molecule has 21 heavy (non-hydrogen) atoms. The summed E-state index contributed by atoms with van der Waals surface area (Å²) in [5.74, 6) is 1.43. The average Bonchev–Trinajstić information content (AvgIpc) is 2.95. The van der Waals surface area contributed by atoms with Crippen molar-refractivity contribution in [3.8, 4) is 6.07 Å². The Bertz CT molecular complexity index is 551. The van der Waals surface area contributed by atoms with Gasteiger partial charge in [0, 0.05) is 13.1 Å². The summed E-state index contributed by atoms with van der Waals surface area (Å²) in [4.78, 5) is 2.25. The highest BCUT2D eigenvalue weighted by atomic mass is 15.3. The Labute approximate surface area is 128 Å². The van der Waals surface area contributed by atoms with Gasteiger partial charge in [0.15, 0.2) is 5.82 Å². The van der Waals surface area contributed by atoms with Crippen LogP contribution in [0.5, 0.6) is 0 Å². The molecule has 0 bridgehead atoms. The van der Waals surface area contributed by atoms with E-state index >= 15 is 0 Å². The summed E-state index contributed by atoms with van der Waals surface area (Å²) in [5.41, 5.74) is 3.07. The molecular formula is C17H26N4. The zero-order valence-corrected chi connectivity index (χ0v) is 13.9. The molecule has 0 spiro atoms. The van der Waals surface area contributed by atoms with E-state index in [1.165, 1.54) is 0 Å². The molecule has 1 atom stereocenters. The Balaban J connectivity index is 2.36. The third-order valence-corrected chi connectivity index (χ3v) is 4.65. The number of anilines is 1. The second-order valence-electron chi connectivity index (χ2n) is 6.94. The zero-order chi connectivity index (χ0) is 15.6. The van der Waals surface area contributed by atoms with E-state index in [2.05, 4.69) is 55.8 Å². The Morgan fingerprint density at radius 1 is 1.24 bits per heavy atom. The molecule has 2 heterocycles. The van der Waals surface area contributed by atoms with Gasteiger partial charge in [-0.1, -0.05) is 34.6 Å². The average molecular weight is 286 g/mol. The fraction of sp³-hybridized carbons (Fsp3) is 0.706. The number of aromatic nitrogens is 2. The van der Waals surface area contributed by atoms with Crippen LogP contribution in [0.2, 0.25) is 0 Å². The molecule has 2 rings (SSSR count). The molecule has 0 aromatic carbocycles. The maximum Gasteiger partial charge on any atom is 0.169 e. The summed E-state index contributed by atoms with van der Waals surface area (Å²) in [6, 6.07) is 2.38. The van der Waals surface area contributed by atoms with Crippen LogP contribution in [0.1, 0.15) is 57.9 Å². The van der Waals surface area contributed by atoms with E-state index in [0.29, 0.717) is 11.3 Å². The van der Waals surface area contributed by atoms with Crippen molar-refractivity contribution >= 4 is 5.82 Å². The van der Waals surface area contributed by atoms with Crippen molar-refractivity contribution in [3.63, 3.8) is 0 Å². The molecule has 1 aliphatic rings. The predicted molar refractivity (Wildman–Crippen MR) is 85.3 cm³/mol. The monoisotopic (exact) mass is 286 g/mol. The van der Waals surface area contributed by atoms with Gasteiger partial charge in [-0.15, -0.1) is 5.10 Å². The van der Waals surface area contributed by atoms with E-state index in [4.69, 9.17) is 0 Å². The number of aryl methyl sites for hydroxylation is 1. The molecule has 4 nitrogen and oxygen atoms in total. The first-order chi connectivity index (χ1) is 9.92. The zero-order valence-electron chi connectivity index (χ0n) is 13.9. The maximum atomic E-state index is 9.59. The molecular weight excluding hydrogens is 260 g/mol. The molecule has 0 amide bonds. The van der Waals surface area contributed by atoms with Crippen LogP contribution in [0.15, 0.2) is 0 Å². The van der Waals surface area contributed by atoms with Crippen molar-refractivity contribution in [1.82, 2.24) is 10.2 Å². The number of hydrogen-bond donors (Lipinski definition) is 0. The highest BCUT2D eigenvalue weighted by Gasteiger charge is 2.33. The normalized spacial score (nSPS) is 18.9. The minimum atomic E-state index is 0.298. The topological polar surface area (TPSA) is 52.8 Å². The summed E-state index contributed by atoms with van der Waals surface area (Å²) in [7, 11) is 0.